The van der Waals surface area contributed by atoms with Crippen LogP contribution in [-0.4, -0.2) is 59.3 Å². The molecule has 0 aliphatic carbocycles. The molecule has 1 fully saturated rings. The van der Waals surface area contributed by atoms with Crippen LogP contribution in [0.25, 0.3) is 0 Å². The van der Waals surface area contributed by atoms with Gasteiger partial charge in [-0.1, -0.05) is 0 Å². The van der Waals surface area contributed by atoms with Crippen molar-refractivity contribution in [3.8, 4) is 0 Å². The summed E-state index contributed by atoms with van der Waals surface area (Å²) in [6, 6.07) is -0.313. The van der Waals surface area contributed by atoms with E-state index in [2.05, 4.69) is 10.3 Å². The minimum Gasteiger partial charge on any atom is -0.340 e. The summed E-state index contributed by atoms with van der Waals surface area (Å²) in [5, 5.41) is 5.17. The van der Waals surface area contributed by atoms with Crippen LogP contribution in [0.15, 0.2) is 11.6 Å². The lowest BCUT2D eigenvalue weighted by atomic mass is 10.1. The number of anilines is 1. The molecule has 7 heteroatoms. The molecule has 0 radical (unpaired) electrons. The van der Waals surface area contributed by atoms with E-state index in [9.17, 15) is 9.59 Å². The minimum atomic E-state index is -0.313. The lowest BCUT2D eigenvalue weighted by Crippen LogP contribution is -2.57. The first-order valence-corrected chi connectivity index (χ1v) is 6.62. The third-order valence-electron chi connectivity index (χ3n) is 3.06. The van der Waals surface area contributed by atoms with E-state index in [1.165, 1.54) is 18.3 Å². The molecule has 1 saturated heterocycles. The largest absolute Gasteiger partial charge is 0.340 e. The molecule has 18 heavy (non-hydrogen) atoms. The zero-order valence-electron chi connectivity index (χ0n) is 10.4. The molecule has 98 valence electrons. The summed E-state index contributed by atoms with van der Waals surface area (Å²) in [5.74, 6) is -0.103. The molecule has 1 atom stereocenters. The van der Waals surface area contributed by atoms with Crippen molar-refractivity contribution in [2.45, 2.75) is 13.0 Å². The van der Waals surface area contributed by atoms with Gasteiger partial charge in [0.1, 0.15) is 6.04 Å². The molecule has 2 amide bonds. The quantitative estimate of drug-likeness (QED) is 0.834. The fourth-order valence-electron chi connectivity index (χ4n) is 1.92. The maximum Gasteiger partial charge on any atom is 0.245 e. The van der Waals surface area contributed by atoms with E-state index in [1.807, 2.05) is 17.3 Å². The van der Waals surface area contributed by atoms with Crippen molar-refractivity contribution in [1.82, 2.24) is 14.8 Å². The maximum atomic E-state index is 12.1. The second kappa shape index (κ2) is 5.45. The highest BCUT2D eigenvalue weighted by molar-refractivity contribution is 7.13. The average Bonchev–Trinajstić information content (AvgIpc) is 2.81. The molecule has 1 N–H and O–H groups in total. The van der Waals surface area contributed by atoms with Crippen molar-refractivity contribution in [3.05, 3.63) is 11.6 Å². The molecule has 0 unspecified atom stereocenters. The third kappa shape index (κ3) is 2.85. The van der Waals surface area contributed by atoms with Crippen molar-refractivity contribution in [3.63, 3.8) is 0 Å². The van der Waals surface area contributed by atoms with Crippen molar-refractivity contribution in [2.24, 2.45) is 0 Å². The van der Waals surface area contributed by atoms with E-state index in [0.29, 0.717) is 24.8 Å². The summed E-state index contributed by atoms with van der Waals surface area (Å²) in [6.45, 7) is 3.34. The molecular weight excluding hydrogens is 252 g/mol. The Hall–Kier alpha value is -1.47. The molecule has 0 bridgehead atoms. The molecule has 0 saturated carbocycles. The van der Waals surface area contributed by atoms with Crippen LogP contribution in [-0.2, 0) is 9.59 Å². The first kappa shape index (κ1) is 13.0. The van der Waals surface area contributed by atoms with Crippen molar-refractivity contribution in [1.29, 1.82) is 0 Å². The van der Waals surface area contributed by atoms with Gasteiger partial charge in [0.05, 0.1) is 0 Å². The summed E-state index contributed by atoms with van der Waals surface area (Å²) in [6.07, 6.45) is 1.65. The molecule has 0 aromatic carbocycles. The van der Waals surface area contributed by atoms with Gasteiger partial charge in [-0.2, -0.15) is 0 Å². The Bertz CT molecular complexity index is 434. The number of carbonyl (C=O) groups excluding carboxylic acids is 2. The highest BCUT2D eigenvalue weighted by Crippen LogP contribution is 2.14. The number of aromatic nitrogens is 1. The van der Waals surface area contributed by atoms with Crippen molar-refractivity contribution < 1.29 is 9.59 Å². The minimum absolute atomic E-state index is 0.00940. The number of amides is 2. The Balaban J connectivity index is 2.01. The van der Waals surface area contributed by atoms with Gasteiger partial charge in [0.2, 0.25) is 11.8 Å². The number of rotatable bonds is 2. The van der Waals surface area contributed by atoms with Gasteiger partial charge < -0.3 is 10.2 Å². The average molecular weight is 268 g/mol. The number of thiazole rings is 1. The Morgan fingerprint density at radius 3 is 2.89 bits per heavy atom. The van der Waals surface area contributed by atoms with Crippen molar-refractivity contribution >= 4 is 28.3 Å². The Morgan fingerprint density at radius 1 is 1.50 bits per heavy atom. The fourth-order valence-corrected chi connectivity index (χ4v) is 2.45. The van der Waals surface area contributed by atoms with Crippen molar-refractivity contribution in [2.75, 3.05) is 32.0 Å². The van der Waals surface area contributed by atoms with Crippen LogP contribution in [0.1, 0.15) is 6.92 Å². The van der Waals surface area contributed by atoms with E-state index in [1.54, 1.807) is 11.1 Å². The Morgan fingerprint density at radius 2 is 2.28 bits per heavy atom. The van der Waals surface area contributed by atoms with Crippen LogP contribution in [0.5, 0.6) is 0 Å². The SMILES string of the molecule is CC(=O)N1CCN(C)[C@H](C(=O)Nc2nccs2)C1. The summed E-state index contributed by atoms with van der Waals surface area (Å²) in [4.78, 5) is 31.2. The summed E-state index contributed by atoms with van der Waals surface area (Å²) >= 11 is 1.38. The monoisotopic (exact) mass is 268 g/mol. The molecule has 6 nitrogen and oxygen atoms in total. The molecule has 1 aromatic heterocycles. The van der Waals surface area contributed by atoms with Gasteiger partial charge in [0, 0.05) is 38.1 Å². The van der Waals surface area contributed by atoms with Gasteiger partial charge in [-0.05, 0) is 7.05 Å². The molecular formula is C11H16N4O2S. The molecule has 0 spiro atoms. The molecule has 2 heterocycles. The second-order valence-electron chi connectivity index (χ2n) is 4.29. The fraction of sp³-hybridized carbons (Fsp3) is 0.545. The van der Waals surface area contributed by atoms with Crippen LogP contribution >= 0.6 is 11.3 Å². The summed E-state index contributed by atoms with van der Waals surface area (Å²) in [5.41, 5.74) is 0. The third-order valence-corrected chi connectivity index (χ3v) is 3.75. The molecule has 1 aromatic rings. The number of hydrogen-bond donors (Lipinski definition) is 1. The van der Waals surface area contributed by atoms with Crippen LogP contribution in [0.3, 0.4) is 0 Å². The Labute approximate surface area is 110 Å². The second-order valence-corrected chi connectivity index (χ2v) is 5.18. The van der Waals surface area contributed by atoms with Gasteiger partial charge in [-0.15, -0.1) is 11.3 Å². The Kier molecular flexibility index (Phi) is 3.93. The van der Waals surface area contributed by atoms with Gasteiger partial charge in [0.15, 0.2) is 5.13 Å². The van der Waals surface area contributed by atoms with Gasteiger partial charge in [-0.3, -0.25) is 14.5 Å². The van der Waals surface area contributed by atoms with E-state index >= 15 is 0 Å². The van der Waals surface area contributed by atoms with Crippen LogP contribution in [0.4, 0.5) is 5.13 Å². The number of hydrogen-bond acceptors (Lipinski definition) is 5. The highest BCUT2D eigenvalue weighted by atomic mass is 32.1. The van der Waals surface area contributed by atoms with E-state index in [0.717, 1.165) is 0 Å². The molecule has 2 rings (SSSR count). The predicted octanol–water partition coefficient (Wildman–Crippen LogP) is 0.244. The summed E-state index contributed by atoms with van der Waals surface area (Å²) in [7, 11) is 1.89. The smallest absolute Gasteiger partial charge is 0.245 e. The maximum absolute atomic E-state index is 12.1. The van der Waals surface area contributed by atoms with E-state index < -0.39 is 0 Å². The van der Waals surface area contributed by atoms with E-state index in [4.69, 9.17) is 0 Å². The highest BCUT2D eigenvalue weighted by Gasteiger charge is 2.31. The number of nitrogens with one attached hydrogen (secondary N) is 1. The summed E-state index contributed by atoms with van der Waals surface area (Å²) < 4.78 is 0. The first-order chi connectivity index (χ1) is 8.58. The first-order valence-electron chi connectivity index (χ1n) is 5.74. The van der Waals surface area contributed by atoms with Crippen LogP contribution in [0.2, 0.25) is 0 Å². The predicted molar refractivity (Wildman–Crippen MR) is 69.4 cm³/mol. The van der Waals surface area contributed by atoms with Crippen LogP contribution in [0, 0.1) is 0 Å². The standard InChI is InChI=1S/C11H16N4O2S/c1-8(16)15-5-4-14(2)9(7-15)10(17)13-11-12-3-6-18-11/h3,6,9H,4-5,7H2,1-2H3,(H,12,13,17)/t9-/m0/s1. The zero-order valence-corrected chi connectivity index (χ0v) is 11.2. The van der Waals surface area contributed by atoms with Gasteiger partial charge in [0.25, 0.3) is 0 Å². The topological polar surface area (TPSA) is 65.5 Å². The normalized spacial score (nSPS) is 20.8. The molecule has 1 aliphatic rings. The lowest BCUT2D eigenvalue weighted by molar-refractivity contribution is -0.134. The number of likely N-dealkylation sites (N-methyl/N-ethyl adjacent to an activating group) is 1. The number of piperazine rings is 1. The lowest BCUT2D eigenvalue weighted by Gasteiger charge is -2.37. The van der Waals surface area contributed by atoms with Gasteiger partial charge >= 0.3 is 0 Å². The van der Waals surface area contributed by atoms with E-state index in [-0.39, 0.29) is 17.9 Å². The zero-order chi connectivity index (χ0) is 13.1. The van der Waals surface area contributed by atoms with Gasteiger partial charge in [-0.25, -0.2) is 4.98 Å². The number of carbonyl (C=O) groups is 2. The van der Waals surface area contributed by atoms with Crippen LogP contribution < -0.4 is 5.32 Å². The molecule has 1 aliphatic heterocycles. The number of nitrogens with zero attached hydrogens (tertiary/aromatic N) is 3.